The number of amides is 2. The van der Waals surface area contributed by atoms with Gasteiger partial charge in [-0.1, -0.05) is 15.9 Å². The summed E-state index contributed by atoms with van der Waals surface area (Å²) in [7, 11) is 0. The van der Waals surface area contributed by atoms with Crippen LogP contribution in [0.3, 0.4) is 0 Å². The molecule has 8 heteroatoms. The highest BCUT2D eigenvalue weighted by Crippen LogP contribution is 2.19. The molecule has 0 radical (unpaired) electrons. The largest absolute Gasteiger partial charge is 0.480 e. The van der Waals surface area contributed by atoms with E-state index in [-0.39, 0.29) is 18.7 Å². The van der Waals surface area contributed by atoms with Crippen LogP contribution in [0.4, 0.5) is 14.9 Å². The summed E-state index contributed by atoms with van der Waals surface area (Å²) in [4.78, 5) is 22.3. The van der Waals surface area contributed by atoms with Gasteiger partial charge in [0.15, 0.2) is 0 Å². The Morgan fingerprint density at radius 1 is 1.42 bits per heavy atom. The van der Waals surface area contributed by atoms with Gasteiger partial charge in [0.1, 0.15) is 11.9 Å². The number of carbonyl (C=O) groups is 2. The molecule has 6 nitrogen and oxygen atoms in total. The fraction of sp³-hybridized carbons (Fsp3) is 0.273. The number of carboxylic acids is 1. The average molecular weight is 335 g/mol. The molecular formula is C11H12BrFN2O4. The molecule has 0 spiro atoms. The average Bonchev–Trinajstić information content (AvgIpc) is 2.33. The molecule has 1 atom stereocenters. The second kappa shape index (κ2) is 7.05. The van der Waals surface area contributed by atoms with Gasteiger partial charge in [-0.3, -0.25) is 0 Å². The van der Waals surface area contributed by atoms with E-state index in [1.807, 2.05) is 0 Å². The van der Waals surface area contributed by atoms with E-state index in [0.29, 0.717) is 4.47 Å². The monoisotopic (exact) mass is 334 g/mol. The van der Waals surface area contributed by atoms with Gasteiger partial charge in [0.2, 0.25) is 0 Å². The maximum atomic E-state index is 13.4. The third-order valence-electron chi connectivity index (χ3n) is 2.20. The lowest BCUT2D eigenvalue weighted by molar-refractivity contribution is -0.139. The SMILES string of the molecule is O=C(Nc1cc(Br)ccc1F)NC(CCO)C(=O)O. The molecule has 0 aliphatic carbocycles. The number of carboxylic acid groups (broad SMARTS) is 1. The fourth-order valence-electron chi connectivity index (χ4n) is 1.30. The number of anilines is 1. The van der Waals surface area contributed by atoms with E-state index >= 15 is 0 Å². The predicted octanol–water partition coefficient (Wildman–Crippen LogP) is 1.55. The summed E-state index contributed by atoms with van der Waals surface area (Å²) in [6, 6.07) is 1.86. The topological polar surface area (TPSA) is 98.7 Å². The molecule has 0 saturated heterocycles. The highest BCUT2D eigenvalue weighted by Gasteiger charge is 2.19. The normalized spacial score (nSPS) is 11.7. The summed E-state index contributed by atoms with van der Waals surface area (Å²) in [6.45, 7) is -0.386. The fourth-order valence-corrected chi connectivity index (χ4v) is 1.66. The van der Waals surface area contributed by atoms with Crippen LogP contribution in [0.15, 0.2) is 22.7 Å². The second-order valence-corrected chi connectivity index (χ2v) is 4.54. The molecule has 0 heterocycles. The predicted molar refractivity (Wildman–Crippen MR) is 69.4 cm³/mol. The van der Waals surface area contributed by atoms with Crippen molar-refractivity contribution in [2.24, 2.45) is 0 Å². The molecule has 104 valence electrons. The van der Waals surface area contributed by atoms with Gasteiger partial charge in [-0.2, -0.15) is 0 Å². The zero-order valence-electron chi connectivity index (χ0n) is 9.69. The van der Waals surface area contributed by atoms with Gasteiger partial charge in [-0.25, -0.2) is 14.0 Å². The van der Waals surface area contributed by atoms with Crippen LogP contribution in [0.1, 0.15) is 6.42 Å². The Balaban J connectivity index is 2.68. The van der Waals surface area contributed by atoms with E-state index < -0.39 is 23.9 Å². The summed E-state index contributed by atoms with van der Waals surface area (Å²) < 4.78 is 13.9. The minimum absolute atomic E-state index is 0.0833. The number of aliphatic hydroxyl groups excluding tert-OH is 1. The molecule has 0 aromatic heterocycles. The van der Waals surface area contributed by atoms with Crippen molar-refractivity contribution < 1.29 is 24.2 Å². The maximum absolute atomic E-state index is 13.4. The number of aliphatic carboxylic acids is 1. The van der Waals surface area contributed by atoms with E-state index in [2.05, 4.69) is 26.6 Å². The smallest absolute Gasteiger partial charge is 0.326 e. The second-order valence-electron chi connectivity index (χ2n) is 3.63. The van der Waals surface area contributed by atoms with E-state index in [4.69, 9.17) is 10.2 Å². The molecule has 1 rings (SSSR count). The van der Waals surface area contributed by atoms with Gasteiger partial charge in [0, 0.05) is 17.5 Å². The molecule has 0 saturated carbocycles. The molecule has 2 amide bonds. The maximum Gasteiger partial charge on any atom is 0.326 e. The van der Waals surface area contributed by atoms with E-state index in [1.54, 1.807) is 0 Å². The Morgan fingerprint density at radius 3 is 2.68 bits per heavy atom. The zero-order valence-corrected chi connectivity index (χ0v) is 11.3. The van der Waals surface area contributed by atoms with Gasteiger partial charge in [-0.15, -0.1) is 0 Å². The third kappa shape index (κ3) is 4.84. The van der Waals surface area contributed by atoms with Crippen molar-refractivity contribution >= 4 is 33.6 Å². The first-order chi connectivity index (χ1) is 8.93. The van der Waals surface area contributed by atoms with Crippen molar-refractivity contribution in [3.05, 3.63) is 28.5 Å². The number of hydrogen-bond donors (Lipinski definition) is 4. The Morgan fingerprint density at radius 2 is 2.11 bits per heavy atom. The van der Waals surface area contributed by atoms with Crippen LogP contribution in [-0.2, 0) is 4.79 Å². The molecule has 0 aliphatic rings. The van der Waals surface area contributed by atoms with Crippen LogP contribution in [-0.4, -0.2) is 34.9 Å². The Labute approximate surface area is 116 Å². The highest BCUT2D eigenvalue weighted by atomic mass is 79.9. The van der Waals surface area contributed by atoms with Crippen LogP contribution in [0.2, 0.25) is 0 Å². The van der Waals surface area contributed by atoms with Crippen molar-refractivity contribution in [2.45, 2.75) is 12.5 Å². The number of nitrogens with one attached hydrogen (secondary N) is 2. The number of halogens is 2. The van der Waals surface area contributed by atoms with E-state index in [0.717, 1.165) is 6.07 Å². The van der Waals surface area contributed by atoms with Gasteiger partial charge in [0.25, 0.3) is 0 Å². The minimum Gasteiger partial charge on any atom is -0.480 e. The molecule has 0 aliphatic heterocycles. The number of hydrogen-bond acceptors (Lipinski definition) is 3. The number of carbonyl (C=O) groups excluding carboxylic acids is 1. The van der Waals surface area contributed by atoms with Gasteiger partial charge in [-0.05, 0) is 18.2 Å². The quantitative estimate of drug-likeness (QED) is 0.656. The number of rotatable bonds is 5. The highest BCUT2D eigenvalue weighted by molar-refractivity contribution is 9.10. The van der Waals surface area contributed by atoms with Crippen LogP contribution >= 0.6 is 15.9 Å². The lowest BCUT2D eigenvalue weighted by atomic mass is 10.2. The standard InChI is InChI=1S/C11H12BrFN2O4/c12-6-1-2-7(13)9(5-6)15-11(19)14-8(3-4-16)10(17)18/h1-2,5,8,16H,3-4H2,(H,17,18)(H2,14,15,19). The molecule has 19 heavy (non-hydrogen) atoms. The molecule has 0 fully saturated rings. The summed E-state index contributed by atoms with van der Waals surface area (Å²) in [5, 5.41) is 21.8. The number of benzene rings is 1. The lowest BCUT2D eigenvalue weighted by Gasteiger charge is -2.14. The third-order valence-corrected chi connectivity index (χ3v) is 2.69. The molecule has 1 unspecified atom stereocenters. The van der Waals surface area contributed by atoms with Crippen molar-refractivity contribution in [3.63, 3.8) is 0 Å². The molecule has 1 aromatic rings. The number of aliphatic hydroxyl groups is 1. The van der Waals surface area contributed by atoms with Gasteiger partial charge < -0.3 is 20.8 Å². The van der Waals surface area contributed by atoms with E-state index in [9.17, 15) is 14.0 Å². The van der Waals surface area contributed by atoms with Crippen LogP contribution in [0.5, 0.6) is 0 Å². The minimum atomic E-state index is -1.28. The Kier molecular flexibility index (Phi) is 5.71. The van der Waals surface area contributed by atoms with Gasteiger partial charge in [0.05, 0.1) is 5.69 Å². The van der Waals surface area contributed by atoms with E-state index in [1.165, 1.54) is 12.1 Å². The molecule has 1 aromatic carbocycles. The lowest BCUT2D eigenvalue weighted by Crippen LogP contribution is -2.43. The van der Waals surface area contributed by atoms with Crippen LogP contribution in [0, 0.1) is 5.82 Å². The number of urea groups is 1. The van der Waals surface area contributed by atoms with Crippen LogP contribution in [0.25, 0.3) is 0 Å². The summed E-state index contributed by atoms with van der Waals surface area (Å²) in [5.41, 5.74) is -0.0833. The molecule has 4 N–H and O–H groups in total. The first-order valence-corrected chi connectivity index (χ1v) is 6.09. The molecule has 0 bridgehead atoms. The zero-order chi connectivity index (χ0) is 14.4. The van der Waals surface area contributed by atoms with Crippen molar-refractivity contribution in [1.82, 2.24) is 5.32 Å². The van der Waals surface area contributed by atoms with Crippen molar-refractivity contribution in [3.8, 4) is 0 Å². The molecular weight excluding hydrogens is 323 g/mol. The first-order valence-electron chi connectivity index (χ1n) is 5.30. The van der Waals surface area contributed by atoms with Crippen molar-refractivity contribution in [1.29, 1.82) is 0 Å². The summed E-state index contributed by atoms with van der Waals surface area (Å²) in [5.74, 6) is -1.92. The Bertz CT molecular complexity index is 484. The Hall–Kier alpha value is -1.67. The van der Waals surface area contributed by atoms with Crippen molar-refractivity contribution in [2.75, 3.05) is 11.9 Å². The summed E-state index contributed by atoms with van der Waals surface area (Å²) in [6.07, 6.45) is -0.135. The van der Waals surface area contributed by atoms with Gasteiger partial charge >= 0.3 is 12.0 Å². The summed E-state index contributed by atoms with van der Waals surface area (Å²) >= 11 is 3.12. The first kappa shape index (κ1) is 15.4. The van der Waals surface area contributed by atoms with Crippen LogP contribution < -0.4 is 10.6 Å².